The predicted molar refractivity (Wildman–Crippen MR) is 88.3 cm³/mol. The summed E-state index contributed by atoms with van der Waals surface area (Å²) < 4.78 is 6.74. The Hall–Kier alpha value is -3.22. The van der Waals surface area contributed by atoms with E-state index in [0.29, 0.717) is 11.1 Å². The molecule has 2 heterocycles. The second-order valence-electron chi connectivity index (χ2n) is 5.40. The third-order valence-corrected chi connectivity index (χ3v) is 3.81. The highest BCUT2D eigenvalue weighted by Crippen LogP contribution is 2.20. The third-order valence-electron chi connectivity index (χ3n) is 3.81. The van der Waals surface area contributed by atoms with Gasteiger partial charge in [0.2, 0.25) is 0 Å². The zero-order chi connectivity index (χ0) is 17.3. The number of nitro groups is 1. The number of nitrogens with zero attached hydrogens (tertiary/aromatic N) is 2. The molecule has 0 saturated heterocycles. The van der Waals surface area contributed by atoms with Crippen LogP contribution in [0.2, 0.25) is 0 Å². The van der Waals surface area contributed by atoms with Gasteiger partial charge in [-0.2, -0.15) is 0 Å². The van der Waals surface area contributed by atoms with Gasteiger partial charge < -0.3 is 8.98 Å². The van der Waals surface area contributed by atoms with Crippen LogP contribution in [-0.2, 0) is 13.0 Å². The largest absolute Gasteiger partial charge is 0.423 e. The molecule has 7 heteroatoms. The first-order valence-corrected chi connectivity index (χ1v) is 7.38. The van der Waals surface area contributed by atoms with Gasteiger partial charge in [-0.25, -0.2) is 4.79 Å². The van der Waals surface area contributed by atoms with Crippen molar-refractivity contribution in [1.29, 1.82) is 0 Å². The molecule has 24 heavy (non-hydrogen) atoms. The van der Waals surface area contributed by atoms with Crippen molar-refractivity contribution in [3.8, 4) is 0 Å². The maximum atomic E-state index is 11.8. The van der Waals surface area contributed by atoms with Gasteiger partial charge in [0.1, 0.15) is 5.58 Å². The molecule has 0 unspecified atom stereocenters. The van der Waals surface area contributed by atoms with Crippen LogP contribution in [0.25, 0.3) is 11.0 Å². The summed E-state index contributed by atoms with van der Waals surface area (Å²) in [5.41, 5.74) is 0.552. The lowest BCUT2D eigenvalue weighted by Crippen LogP contribution is -2.12. The van der Waals surface area contributed by atoms with Gasteiger partial charge in [-0.05, 0) is 23.6 Å². The third kappa shape index (κ3) is 2.96. The molecule has 0 saturated carbocycles. The molecule has 0 fully saturated rings. The van der Waals surface area contributed by atoms with Crippen LogP contribution in [0.1, 0.15) is 18.1 Å². The van der Waals surface area contributed by atoms with Crippen molar-refractivity contribution in [2.24, 2.45) is 0 Å². The van der Waals surface area contributed by atoms with Crippen LogP contribution in [0, 0.1) is 10.1 Å². The summed E-state index contributed by atoms with van der Waals surface area (Å²) in [7, 11) is 0. The van der Waals surface area contributed by atoms with Gasteiger partial charge in [0.15, 0.2) is 0 Å². The SMILES string of the molecule is CCc1ccc2c(Cn3ccc(=O)c([N+](=O)[O-])c3)cc(=O)oc2c1. The quantitative estimate of drug-likeness (QED) is 0.417. The number of benzene rings is 1. The molecule has 3 rings (SSSR count). The van der Waals surface area contributed by atoms with Gasteiger partial charge in [0.25, 0.3) is 5.43 Å². The van der Waals surface area contributed by atoms with Gasteiger partial charge >= 0.3 is 11.3 Å². The molecule has 1 aromatic carbocycles. The van der Waals surface area contributed by atoms with E-state index in [-0.39, 0.29) is 6.54 Å². The van der Waals surface area contributed by atoms with E-state index in [1.165, 1.54) is 23.0 Å². The van der Waals surface area contributed by atoms with Gasteiger partial charge in [0.05, 0.1) is 11.1 Å². The Labute approximate surface area is 135 Å². The highest BCUT2D eigenvalue weighted by molar-refractivity contribution is 5.80. The Kier molecular flexibility index (Phi) is 3.99. The standard InChI is InChI=1S/C17H14N2O5/c1-2-11-3-4-13-12(8-17(21)24-16(13)7-11)9-18-6-5-15(20)14(10-18)19(22)23/h3-8,10H,2,9H2,1H3. The minimum Gasteiger partial charge on any atom is -0.423 e. The van der Waals surface area contributed by atoms with Crippen LogP contribution in [0.5, 0.6) is 0 Å². The van der Waals surface area contributed by atoms with Gasteiger partial charge in [-0.1, -0.05) is 19.1 Å². The lowest BCUT2D eigenvalue weighted by molar-refractivity contribution is -0.386. The fraction of sp³-hybridized carbons (Fsp3) is 0.176. The van der Waals surface area contributed by atoms with Crippen LogP contribution in [0.3, 0.4) is 0 Å². The first-order chi connectivity index (χ1) is 11.5. The number of aryl methyl sites for hydroxylation is 1. The Balaban J connectivity index is 2.10. The summed E-state index contributed by atoms with van der Waals surface area (Å²) >= 11 is 0. The van der Waals surface area contributed by atoms with Crippen molar-refractivity contribution < 1.29 is 9.34 Å². The van der Waals surface area contributed by atoms with Crippen LogP contribution >= 0.6 is 0 Å². The van der Waals surface area contributed by atoms with Crippen LogP contribution in [-0.4, -0.2) is 9.49 Å². The van der Waals surface area contributed by atoms with E-state index in [2.05, 4.69) is 0 Å². The number of rotatable bonds is 4. The Morgan fingerprint density at radius 3 is 2.71 bits per heavy atom. The highest BCUT2D eigenvalue weighted by atomic mass is 16.6. The maximum absolute atomic E-state index is 11.8. The Morgan fingerprint density at radius 2 is 2.00 bits per heavy atom. The molecule has 0 aliphatic rings. The molecule has 0 bridgehead atoms. The normalized spacial score (nSPS) is 10.9. The minimum atomic E-state index is -0.718. The molecular formula is C17H14N2O5. The lowest BCUT2D eigenvalue weighted by atomic mass is 10.1. The fourth-order valence-electron chi connectivity index (χ4n) is 2.57. The molecule has 0 aliphatic heterocycles. The molecule has 7 nitrogen and oxygen atoms in total. The number of hydrogen-bond acceptors (Lipinski definition) is 5. The molecule has 0 spiro atoms. The van der Waals surface area contributed by atoms with Gasteiger partial charge in [0, 0.05) is 30.3 Å². The maximum Gasteiger partial charge on any atom is 0.336 e. The number of fused-ring (bicyclic) bond motifs is 1. The summed E-state index contributed by atoms with van der Waals surface area (Å²) in [6, 6.07) is 8.12. The minimum absolute atomic E-state index is 0.217. The lowest BCUT2D eigenvalue weighted by Gasteiger charge is -2.09. The number of hydrogen-bond donors (Lipinski definition) is 0. The molecule has 0 atom stereocenters. The van der Waals surface area contributed by atoms with Crippen molar-refractivity contribution in [1.82, 2.24) is 4.57 Å². The molecule has 0 amide bonds. The molecule has 2 aromatic heterocycles. The topological polar surface area (TPSA) is 95.4 Å². The second kappa shape index (κ2) is 6.11. The summed E-state index contributed by atoms with van der Waals surface area (Å²) in [6.07, 6.45) is 3.44. The Bertz CT molecular complexity index is 1050. The van der Waals surface area contributed by atoms with Gasteiger partial charge in [-0.15, -0.1) is 0 Å². The average Bonchev–Trinajstić information content (AvgIpc) is 2.55. The van der Waals surface area contributed by atoms with E-state index in [9.17, 15) is 19.7 Å². The molecular weight excluding hydrogens is 312 g/mol. The highest BCUT2D eigenvalue weighted by Gasteiger charge is 2.13. The van der Waals surface area contributed by atoms with Crippen molar-refractivity contribution in [3.05, 3.63) is 84.6 Å². The van der Waals surface area contributed by atoms with Crippen molar-refractivity contribution >= 4 is 16.7 Å². The van der Waals surface area contributed by atoms with Crippen LogP contribution < -0.4 is 11.1 Å². The molecule has 0 N–H and O–H groups in total. The van der Waals surface area contributed by atoms with Crippen LogP contribution in [0.15, 0.2) is 56.7 Å². The van der Waals surface area contributed by atoms with Gasteiger partial charge in [-0.3, -0.25) is 14.9 Å². The molecule has 0 aliphatic carbocycles. The van der Waals surface area contributed by atoms with E-state index in [4.69, 9.17) is 4.42 Å². The van der Waals surface area contributed by atoms with E-state index in [1.807, 2.05) is 25.1 Å². The average molecular weight is 326 g/mol. The first kappa shape index (κ1) is 15.7. The second-order valence-corrected chi connectivity index (χ2v) is 5.40. The fourth-order valence-corrected chi connectivity index (χ4v) is 2.57. The number of aromatic nitrogens is 1. The molecule has 0 radical (unpaired) electrons. The molecule has 122 valence electrons. The van der Waals surface area contributed by atoms with Crippen LogP contribution in [0.4, 0.5) is 5.69 Å². The van der Waals surface area contributed by atoms with E-state index >= 15 is 0 Å². The zero-order valence-electron chi connectivity index (χ0n) is 12.9. The monoisotopic (exact) mass is 326 g/mol. The van der Waals surface area contributed by atoms with Crippen molar-refractivity contribution in [2.45, 2.75) is 19.9 Å². The van der Waals surface area contributed by atoms with Crippen molar-refractivity contribution in [2.75, 3.05) is 0 Å². The van der Waals surface area contributed by atoms with E-state index < -0.39 is 21.7 Å². The Morgan fingerprint density at radius 1 is 1.21 bits per heavy atom. The summed E-state index contributed by atoms with van der Waals surface area (Å²) in [4.78, 5) is 33.4. The van der Waals surface area contributed by atoms with E-state index in [1.54, 1.807) is 0 Å². The summed E-state index contributed by atoms with van der Waals surface area (Å²) in [5, 5.41) is 11.6. The summed E-state index contributed by atoms with van der Waals surface area (Å²) in [6.45, 7) is 2.22. The zero-order valence-corrected chi connectivity index (χ0v) is 12.9. The number of pyridine rings is 1. The molecule has 3 aromatic rings. The van der Waals surface area contributed by atoms with Crippen molar-refractivity contribution in [3.63, 3.8) is 0 Å². The predicted octanol–water partition coefficient (Wildman–Crippen LogP) is 2.47. The summed E-state index contributed by atoms with van der Waals surface area (Å²) in [5.74, 6) is 0. The first-order valence-electron chi connectivity index (χ1n) is 7.38. The van der Waals surface area contributed by atoms with E-state index in [0.717, 1.165) is 23.4 Å². The smallest absolute Gasteiger partial charge is 0.336 e.